The van der Waals surface area contributed by atoms with Crippen molar-refractivity contribution in [3.63, 3.8) is 0 Å². The van der Waals surface area contributed by atoms with Crippen molar-refractivity contribution in [2.45, 2.75) is 13.8 Å². The van der Waals surface area contributed by atoms with Crippen LogP contribution in [0.25, 0.3) is 5.69 Å². The molecule has 0 aliphatic heterocycles. The van der Waals surface area contributed by atoms with Crippen molar-refractivity contribution < 1.29 is 9.53 Å². The number of esters is 1. The number of carbonyl (C=O) groups is 1. The predicted molar refractivity (Wildman–Crippen MR) is 83.7 cm³/mol. The topological polar surface area (TPSA) is 70.1 Å². The monoisotopic (exact) mass is 347 g/mol. The molecule has 5 nitrogen and oxygen atoms in total. The van der Waals surface area contributed by atoms with Crippen LogP contribution in [0.2, 0.25) is 15.1 Å². The molecule has 1 aromatic carbocycles. The molecule has 0 aliphatic rings. The first-order chi connectivity index (χ1) is 9.86. The van der Waals surface area contributed by atoms with Gasteiger partial charge in [0.25, 0.3) is 0 Å². The summed E-state index contributed by atoms with van der Waals surface area (Å²) >= 11 is 18.2. The fourth-order valence-electron chi connectivity index (χ4n) is 1.93. The predicted octanol–water partition coefficient (Wildman–Crippen LogP) is 3.90. The molecule has 0 radical (unpaired) electrons. The van der Waals surface area contributed by atoms with Crippen LogP contribution in [0, 0.1) is 6.92 Å². The Kier molecular flexibility index (Phi) is 4.66. The maximum atomic E-state index is 11.8. The van der Waals surface area contributed by atoms with Gasteiger partial charge in [-0.3, -0.25) is 4.57 Å². The minimum Gasteiger partial charge on any atom is -0.461 e. The number of nitrogens with zero attached hydrogens (tertiary/aromatic N) is 2. The molecule has 0 spiro atoms. The van der Waals surface area contributed by atoms with E-state index in [4.69, 9.17) is 45.3 Å². The fraction of sp³-hybridized carbons (Fsp3) is 0.231. The summed E-state index contributed by atoms with van der Waals surface area (Å²) in [6.45, 7) is 3.61. The van der Waals surface area contributed by atoms with Crippen molar-refractivity contribution in [1.82, 2.24) is 9.55 Å². The van der Waals surface area contributed by atoms with E-state index in [0.29, 0.717) is 26.6 Å². The molecule has 2 aromatic rings. The third kappa shape index (κ3) is 2.95. The molecule has 8 heteroatoms. The first-order valence-electron chi connectivity index (χ1n) is 6.03. The number of halogens is 3. The molecule has 0 saturated heterocycles. The Morgan fingerprint density at radius 3 is 2.43 bits per heavy atom. The van der Waals surface area contributed by atoms with E-state index in [0.717, 1.165) is 0 Å². The van der Waals surface area contributed by atoms with Gasteiger partial charge in [0.1, 0.15) is 11.6 Å². The second-order valence-corrected chi connectivity index (χ2v) is 5.42. The highest BCUT2D eigenvalue weighted by Crippen LogP contribution is 2.35. The quantitative estimate of drug-likeness (QED) is 0.854. The average molecular weight is 349 g/mol. The minimum atomic E-state index is -0.599. The van der Waals surface area contributed by atoms with Gasteiger partial charge in [-0.1, -0.05) is 34.8 Å². The van der Waals surface area contributed by atoms with Crippen LogP contribution in [0.3, 0.4) is 0 Å². The van der Waals surface area contributed by atoms with E-state index < -0.39 is 5.97 Å². The summed E-state index contributed by atoms with van der Waals surface area (Å²) in [7, 11) is 0. The first-order valence-corrected chi connectivity index (χ1v) is 7.17. The average Bonchev–Trinajstić information content (AvgIpc) is 2.66. The molecule has 1 heterocycles. The molecule has 1 aromatic heterocycles. The molecule has 2 N–H and O–H groups in total. The zero-order valence-electron chi connectivity index (χ0n) is 11.3. The summed E-state index contributed by atoms with van der Waals surface area (Å²) < 4.78 is 6.40. The van der Waals surface area contributed by atoms with E-state index in [-0.39, 0.29) is 18.1 Å². The zero-order valence-corrected chi connectivity index (χ0v) is 13.6. The van der Waals surface area contributed by atoms with E-state index in [1.807, 2.05) is 0 Å². The Balaban J connectivity index is 2.64. The molecule has 0 aliphatic carbocycles. The summed E-state index contributed by atoms with van der Waals surface area (Å²) in [6.07, 6.45) is 0. The van der Waals surface area contributed by atoms with Gasteiger partial charge < -0.3 is 10.5 Å². The number of ether oxygens (including phenoxy) is 1. The summed E-state index contributed by atoms with van der Waals surface area (Å²) in [5.74, 6) is -0.0307. The number of nitrogen functional groups attached to an aromatic ring is 1. The molecular weight excluding hydrogens is 337 g/mol. The van der Waals surface area contributed by atoms with E-state index in [2.05, 4.69) is 4.98 Å². The van der Waals surface area contributed by atoms with Crippen molar-refractivity contribution in [3.8, 4) is 5.69 Å². The maximum Gasteiger partial charge on any atom is 0.360 e. The third-order valence-corrected chi connectivity index (χ3v) is 3.55. The Hall–Kier alpha value is -1.43. The minimum absolute atomic E-state index is 0.0245. The Morgan fingerprint density at radius 1 is 1.33 bits per heavy atom. The number of aryl methyl sites for hydroxylation is 1. The number of rotatable bonds is 3. The highest BCUT2D eigenvalue weighted by atomic mass is 35.5. The van der Waals surface area contributed by atoms with E-state index >= 15 is 0 Å². The number of carbonyl (C=O) groups excluding carboxylic acids is 1. The van der Waals surface area contributed by atoms with Gasteiger partial charge in [0.05, 0.1) is 22.3 Å². The standard InChI is InChI=1S/C13H12Cl3N3O2/c1-3-21-13(20)10-12(17)19(6(2)18-10)11-8(15)4-7(14)5-9(11)16/h4-5H,3,17H2,1-2H3. The number of nitrogens with two attached hydrogens (primary N) is 1. The van der Waals surface area contributed by atoms with Gasteiger partial charge in [-0.2, -0.15) is 0 Å². The lowest BCUT2D eigenvalue weighted by Crippen LogP contribution is -2.10. The van der Waals surface area contributed by atoms with Crippen molar-refractivity contribution in [1.29, 1.82) is 0 Å². The van der Waals surface area contributed by atoms with E-state index in [9.17, 15) is 4.79 Å². The summed E-state index contributed by atoms with van der Waals surface area (Å²) in [4.78, 5) is 15.9. The van der Waals surface area contributed by atoms with Gasteiger partial charge >= 0.3 is 5.97 Å². The molecular formula is C13H12Cl3N3O2. The second kappa shape index (κ2) is 6.13. The van der Waals surface area contributed by atoms with Crippen molar-refractivity contribution in [2.24, 2.45) is 0 Å². The SMILES string of the molecule is CCOC(=O)c1nc(C)n(-c2c(Cl)cc(Cl)cc2Cl)c1N. The van der Waals surface area contributed by atoms with Crippen molar-refractivity contribution in [3.05, 3.63) is 38.7 Å². The number of benzene rings is 1. The summed E-state index contributed by atoms with van der Waals surface area (Å²) in [6, 6.07) is 3.07. The number of hydrogen-bond acceptors (Lipinski definition) is 4. The molecule has 112 valence electrons. The Bertz CT molecular complexity index is 690. The molecule has 0 unspecified atom stereocenters. The van der Waals surface area contributed by atoms with Crippen molar-refractivity contribution in [2.75, 3.05) is 12.3 Å². The first kappa shape index (κ1) is 15.9. The lowest BCUT2D eigenvalue weighted by Gasteiger charge is -2.12. The fourth-order valence-corrected chi connectivity index (χ4v) is 2.92. The lowest BCUT2D eigenvalue weighted by molar-refractivity contribution is 0.0521. The number of aromatic nitrogens is 2. The van der Waals surface area contributed by atoms with Crippen LogP contribution in [-0.4, -0.2) is 22.1 Å². The molecule has 0 bridgehead atoms. The Labute approximate surface area is 136 Å². The van der Waals surface area contributed by atoms with Gasteiger partial charge in [-0.25, -0.2) is 9.78 Å². The Morgan fingerprint density at radius 2 is 1.90 bits per heavy atom. The van der Waals surface area contributed by atoms with E-state index in [1.54, 1.807) is 13.8 Å². The smallest absolute Gasteiger partial charge is 0.360 e. The number of hydrogen-bond donors (Lipinski definition) is 1. The molecule has 2 rings (SSSR count). The normalized spacial score (nSPS) is 10.7. The van der Waals surface area contributed by atoms with Crippen molar-refractivity contribution >= 4 is 46.6 Å². The van der Waals surface area contributed by atoms with Crippen LogP contribution in [0.5, 0.6) is 0 Å². The van der Waals surface area contributed by atoms with Crippen LogP contribution in [-0.2, 0) is 4.74 Å². The van der Waals surface area contributed by atoms with Gasteiger partial charge in [0, 0.05) is 5.02 Å². The van der Waals surface area contributed by atoms with Crippen LogP contribution >= 0.6 is 34.8 Å². The van der Waals surface area contributed by atoms with Crippen LogP contribution < -0.4 is 5.73 Å². The molecule has 0 saturated carbocycles. The summed E-state index contributed by atoms with van der Waals surface area (Å²) in [5, 5.41) is 1.00. The molecule has 0 atom stereocenters. The van der Waals surface area contributed by atoms with Crippen LogP contribution in [0.15, 0.2) is 12.1 Å². The van der Waals surface area contributed by atoms with E-state index in [1.165, 1.54) is 16.7 Å². The lowest BCUT2D eigenvalue weighted by atomic mass is 10.3. The molecule has 21 heavy (non-hydrogen) atoms. The highest BCUT2D eigenvalue weighted by molar-refractivity contribution is 6.40. The van der Waals surface area contributed by atoms with Gasteiger partial charge in [-0.15, -0.1) is 0 Å². The van der Waals surface area contributed by atoms with Gasteiger partial charge in [-0.05, 0) is 26.0 Å². The molecule has 0 fully saturated rings. The maximum absolute atomic E-state index is 11.8. The molecule has 0 amide bonds. The third-order valence-electron chi connectivity index (χ3n) is 2.75. The largest absolute Gasteiger partial charge is 0.461 e. The van der Waals surface area contributed by atoms with Gasteiger partial charge in [0.15, 0.2) is 5.69 Å². The second-order valence-electron chi connectivity index (χ2n) is 4.17. The highest BCUT2D eigenvalue weighted by Gasteiger charge is 2.23. The number of imidazole rings is 1. The van der Waals surface area contributed by atoms with Crippen LogP contribution in [0.4, 0.5) is 5.82 Å². The van der Waals surface area contributed by atoms with Gasteiger partial charge in [0.2, 0.25) is 0 Å². The summed E-state index contributed by atoms with van der Waals surface area (Å²) in [5.41, 5.74) is 6.43. The zero-order chi connectivity index (χ0) is 15.7. The van der Waals surface area contributed by atoms with Crippen LogP contribution in [0.1, 0.15) is 23.2 Å². The number of anilines is 1.